The molecule has 0 unspecified atom stereocenters. The number of carbonyl (C=O) groups is 1. The third-order valence-corrected chi connectivity index (χ3v) is 3.33. The summed E-state index contributed by atoms with van der Waals surface area (Å²) in [6.07, 6.45) is 0.992. The molecule has 0 aromatic heterocycles. The van der Waals surface area contributed by atoms with E-state index in [1.807, 2.05) is 16.8 Å². The van der Waals surface area contributed by atoms with Crippen molar-refractivity contribution in [3.8, 4) is 0 Å². The summed E-state index contributed by atoms with van der Waals surface area (Å²) in [6.45, 7) is 3.72. The monoisotopic (exact) mass is 265 g/mol. The van der Waals surface area contributed by atoms with Crippen LogP contribution in [0.2, 0.25) is 0 Å². The van der Waals surface area contributed by atoms with Gasteiger partial charge in [-0.05, 0) is 37.2 Å². The van der Waals surface area contributed by atoms with Crippen LogP contribution in [0.4, 0.5) is 10.1 Å². The Morgan fingerprint density at radius 3 is 2.79 bits per heavy atom. The quantitative estimate of drug-likeness (QED) is 0.888. The zero-order valence-electron chi connectivity index (χ0n) is 11.2. The lowest BCUT2D eigenvalue weighted by molar-refractivity contribution is -0.129. The molecule has 1 fully saturated rings. The van der Waals surface area contributed by atoms with Crippen molar-refractivity contribution in [2.45, 2.75) is 6.42 Å². The Morgan fingerprint density at radius 2 is 2.05 bits per heavy atom. The van der Waals surface area contributed by atoms with Crippen molar-refractivity contribution in [1.82, 2.24) is 10.2 Å². The third kappa shape index (κ3) is 3.92. The van der Waals surface area contributed by atoms with Crippen LogP contribution in [0.1, 0.15) is 6.42 Å². The summed E-state index contributed by atoms with van der Waals surface area (Å²) in [5.41, 5.74) is 0.850. The number of halogens is 1. The molecular weight excluding hydrogens is 245 g/mol. The summed E-state index contributed by atoms with van der Waals surface area (Å²) in [5, 5.41) is 3.27. The normalized spacial score (nSPS) is 16.0. The molecule has 1 N–H and O–H groups in total. The largest absolute Gasteiger partial charge is 0.365 e. The van der Waals surface area contributed by atoms with E-state index in [1.54, 1.807) is 12.1 Å². The minimum atomic E-state index is -0.262. The maximum atomic E-state index is 12.8. The van der Waals surface area contributed by atoms with Gasteiger partial charge in [0.15, 0.2) is 0 Å². The number of hydrogen-bond donors (Lipinski definition) is 1. The van der Waals surface area contributed by atoms with Gasteiger partial charge in [-0.3, -0.25) is 4.79 Å². The molecule has 0 spiro atoms. The Balaban J connectivity index is 1.92. The molecule has 19 heavy (non-hydrogen) atoms. The van der Waals surface area contributed by atoms with Gasteiger partial charge >= 0.3 is 0 Å². The number of amides is 1. The Kier molecular flexibility index (Phi) is 4.74. The van der Waals surface area contributed by atoms with E-state index in [2.05, 4.69) is 5.32 Å². The van der Waals surface area contributed by atoms with Gasteiger partial charge in [-0.15, -0.1) is 0 Å². The highest BCUT2D eigenvalue weighted by molar-refractivity contribution is 5.81. The van der Waals surface area contributed by atoms with Crippen LogP contribution in [-0.4, -0.2) is 50.6 Å². The Hall–Kier alpha value is -1.62. The molecule has 1 aliphatic heterocycles. The van der Waals surface area contributed by atoms with Crippen LogP contribution in [0, 0.1) is 5.82 Å². The summed E-state index contributed by atoms with van der Waals surface area (Å²) in [7, 11) is 1.85. The molecule has 1 heterocycles. The van der Waals surface area contributed by atoms with Crippen molar-refractivity contribution in [3.05, 3.63) is 30.1 Å². The zero-order chi connectivity index (χ0) is 13.7. The average Bonchev–Trinajstić information content (AvgIpc) is 2.68. The first-order chi connectivity index (χ1) is 9.16. The highest BCUT2D eigenvalue weighted by atomic mass is 19.1. The molecular formula is C14H20FN3O. The molecule has 5 heteroatoms. The first-order valence-electron chi connectivity index (χ1n) is 6.62. The van der Waals surface area contributed by atoms with Gasteiger partial charge in [0.2, 0.25) is 5.91 Å². The molecule has 1 aromatic rings. The van der Waals surface area contributed by atoms with Gasteiger partial charge in [0.1, 0.15) is 5.82 Å². The van der Waals surface area contributed by atoms with Gasteiger partial charge in [-0.25, -0.2) is 4.39 Å². The minimum Gasteiger partial charge on any atom is -0.365 e. The molecule has 0 aliphatic carbocycles. The van der Waals surface area contributed by atoms with Crippen LogP contribution in [-0.2, 0) is 4.79 Å². The number of likely N-dealkylation sites (N-methyl/N-ethyl adjacent to an activating group) is 1. The summed E-state index contributed by atoms with van der Waals surface area (Å²) >= 11 is 0. The first kappa shape index (κ1) is 13.8. The molecule has 0 bridgehead atoms. The summed E-state index contributed by atoms with van der Waals surface area (Å²) < 4.78 is 12.8. The summed E-state index contributed by atoms with van der Waals surface area (Å²) in [4.78, 5) is 15.9. The Bertz CT molecular complexity index is 413. The SMILES string of the molecule is CN(CC(=O)N1CCCNCC1)c1ccc(F)cc1. The highest BCUT2D eigenvalue weighted by Crippen LogP contribution is 2.13. The fourth-order valence-electron chi connectivity index (χ4n) is 2.18. The van der Waals surface area contributed by atoms with Gasteiger partial charge in [-0.1, -0.05) is 0 Å². The van der Waals surface area contributed by atoms with Crippen LogP contribution in [0.25, 0.3) is 0 Å². The van der Waals surface area contributed by atoms with Crippen molar-refractivity contribution in [2.75, 3.05) is 44.7 Å². The second-order valence-corrected chi connectivity index (χ2v) is 4.82. The molecule has 1 aromatic carbocycles. The second kappa shape index (κ2) is 6.52. The standard InChI is InChI=1S/C14H20FN3O/c1-17(13-5-3-12(15)4-6-13)11-14(19)18-9-2-7-16-8-10-18/h3-6,16H,2,7-11H2,1H3. The second-order valence-electron chi connectivity index (χ2n) is 4.82. The molecule has 0 atom stereocenters. The predicted molar refractivity (Wildman–Crippen MR) is 73.7 cm³/mol. The van der Waals surface area contributed by atoms with Crippen molar-refractivity contribution < 1.29 is 9.18 Å². The lowest BCUT2D eigenvalue weighted by Crippen LogP contribution is -2.40. The number of rotatable bonds is 3. The first-order valence-corrected chi connectivity index (χ1v) is 6.62. The van der Waals surface area contributed by atoms with Gasteiger partial charge < -0.3 is 15.1 Å². The lowest BCUT2D eigenvalue weighted by Gasteiger charge is -2.25. The Morgan fingerprint density at radius 1 is 1.32 bits per heavy atom. The van der Waals surface area contributed by atoms with Gasteiger partial charge in [0.25, 0.3) is 0 Å². The van der Waals surface area contributed by atoms with Gasteiger partial charge in [-0.2, -0.15) is 0 Å². The van der Waals surface area contributed by atoms with E-state index in [0.29, 0.717) is 6.54 Å². The molecule has 1 amide bonds. The number of nitrogens with one attached hydrogen (secondary N) is 1. The number of benzene rings is 1. The van der Waals surface area contributed by atoms with Crippen LogP contribution in [0.3, 0.4) is 0 Å². The summed E-state index contributed by atoms with van der Waals surface area (Å²) in [6, 6.07) is 6.19. The lowest BCUT2D eigenvalue weighted by atomic mass is 10.3. The van der Waals surface area contributed by atoms with E-state index in [0.717, 1.165) is 38.3 Å². The van der Waals surface area contributed by atoms with E-state index in [-0.39, 0.29) is 11.7 Å². The van der Waals surface area contributed by atoms with Crippen LogP contribution >= 0.6 is 0 Å². The third-order valence-electron chi connectivity index (χ3n) is 3.33. The molecule has 0 saturated carbocycles. The molecule has 104 valence electrons. The predicted octanol–water partition coefficient (Wildman–Crippen LogP) is 1.08. The molecule has 4 nitrogen and oxygen atoms in total. The smallest absolute Gasteiger partial charge is 0.242 e. The van der Waals surface area contributed by atoms with Gasteiger partial charge in [0.05, 0.1) is 6.54 Å². The molecule has 1 aliphatic rings. The molecule has 0 radical (unpaired) electrons. The number of anilines is 1. The van der Waals surface area contributed by atoms with E-state index in [1.165, 1.54) is 12.1 Å². The van der Waals surface area contributed by atoms with Crippen molar-refractivity contribution in [1.29, 1.82) is 0 Å². The number of carbonyl (C=O) groups excluding carboxylic acids is 1. The Labute approximate surface area is 113 Å². The maximum Gasteiger partial charge on any atom is 0.242 e. The maximum absolute atomic E-state index is 12.8. The van der Waals surface area contributed by atoms with Crippen molar-refractivity contribution in [3.63, 3.8) is 0 Å². The van der Waals surface area contributed by atoms with E-state index < -0.39 is 0 Å². The average molecular weight is 265 g/mol. The number of hydrogen-bond acceptors (Lipinski definition) is 3. The topological polar surface area (TPSA) is 35.6 Å². The molecule has 2 rings (SSSR count). The van der Waals surface area contributed by atoms with Crippen LogP contribution < -0.4 is 10.2 Å². The summed E-state index contributed by atoms with van der Waals surface area (Å²) in [5.74, 6) is -0.141. The molecule has 1 saturated heterocycles. The van der Waals surface area contributed by atoms with Gasteiger partial charge in [0, 0.05) is 32.4 Å². The van der Waals surface area contributed by atoms with Crippen LogP contribution in [0.15, 0.2) is 24.3 Å². The zero-order valence-corrected chi connectivity index (χ0v) is 11.2. The van der Waals surface area contributed by atoms with E-state index in [9.17, 15) is 9.18 Å². The highest BCUT2D eigenvalue weighted by Gasteiger charge is 2.16. The van der Waals surface area contributed by atoms with Crippen molar-refractivity contribution >= 4 is 11.6 Å². The minimum absolute atomic E-state index is 0.121. The number of nitrogens with zero attached hydrogens (tertiary/aromatic N) is 2. The van der Waals surface area contributed by atoms with E-state index in [4.69, 9.17) is 0 Å². The fourth-order valence-corrected chi connectivity index (χ4v) is 2.18. The van der Waals surface area contributed by atoms with Crippen LogP contribution in [0.5, 0.6) is 0 Å². The fraction of sp³-hybridized carbons (Fsp3) is 0.500. The van der Waals surface area contributed by atoms with E-state index >= 15 is 0 Å². The van der Waals surface area contributed by atoms with Crippen molar-refractivity contribution in [2.24, 2.45) is 0 Å².